The fraction of sp³-hybridized carbons (Fsp3) is 0.188. The molecule has 0 atom stereocenters. The van der Waals surface area contributed by atoms with Gasteiger partial charge in [-0.05, 0) is 31.2 Å². The molecular weight excluding hydrogens is 334 g/mol. The number of nitrogens with two attached hydrogens (primary N) is 1. The first-order chi connectivity index (χ1) is 11.4. The van der Waals surface area contributed by atoms with Crippen LogP contribution >= 0.6 is 11.6 Å². The summed E-state index contributed by atoms with van der Waals surface area (Å²) in [6, 6.07) is 8.14. The van der Waals surface area contributed by atoms with Gasteiger partial charge < -0.3 is 20.5 Å². The largest absolute Gasteiger partial charge is 0.493 e. The van der Waals surface area contributed by atoms with Crippen molar-refractivity contribution in [2.75, 3.05) is 19.0 Å². The molecule has 2 rings (SSSR count). The van der Waals surface area contributed by atoms with Crippen LogP contribution in [0.4, 0.5) is 5.82 Å². The van der Waals surface area contributed by atoms with Crippen LogP contribution < -0.4 is 20.5 Å². The lowest BCUT2D eigenvalue weighted by Crippen LogP contribution is -2.20. The number of amides is 2. The summed E-state index contributed by atoms with van der Waals surface area (Å²) < 4.78 is 10.4. The molecule has 0 radical (unpaired) electrons. The molecule has 0 aliphatic carbocycles. The van der Waals surface area contributed by atoms with Gasteiger partial charge in [-0.1, -0.05) is 17.7 Å². The summed E-state index contributed by atoms with van der Waals surface area (Å²) in [6.07, 6.45) is 0. The van der Waals surface area contributed by atoms with Crippen LogP contribution in [0.25, 0.3) is 0 Å². The average Bonchev–Trinajstić information content (AvgIpc) is 2.52. The van der Waals surface area contributed by atoms with Crippen LogP contribution in [-0.2, 0) is 4.79 Å². The van der Waals surface area contributed by atoms with E-state index in [2.05, 4.69) is 10.3 Å². The summed E-state index contributed by atoms with van der Waals surface area (Å²) in [5.41, 5.74) is 6.07. The van der Waals surface area contributed by atoms with Crippen LogP contribution in [0.1, 0.15) is 16.1 Å². The van der Waals surface area contributed by atoms with Crippen molar-refractivity contribution >= 4 is 29.2 Å². The van der Waals surface area contributed by atoms with Gasteiger partial charge in [-0.15, -0.1) is 0 Å². The zero-order chi connectivity index (χ0) is 17.7. The van der Waals surface area contributed by atoms with Gasteiger partial charge in [0.25, 0.3) is 11.8 Å². The minimum Gasteiger partial charge on any atom is -0.493 e. The smallest absolute Gasteiger partial charge is 0.257 e. The molecule has 0 bridgehead atoms. The van der Waals surface area contributed by atoms with Crippen molar-refractivity contribution in [2.45, 2.75) is 6.92 Å². The maximum Gasteiger partial charge on any atom is 0.257 e. The second-order valence-electron chi connectivity index (χ2n) is 4.86. The van der Waals surface area contributed by atoms with E-state index in [9.17, 15) is 9.59 Å². The Morgan fingerprint density at radius 3 is 2.71 bits per heavy atom. The van der Waals surface area contributed by atoms with Crippen molar-refractivity contribution in [1.29, 1.82) is 0 Å². The first kappa shape index (κ1) is 17.6. The lowest BCUT2D eigenvalue weighted by molar-refractivity contribution is -0.119. The molecule has 1 aromatic carbocycles. The molecule has 0 aliphatic heterocycles. The van der Waals surface area contributed by atoms with E-state index in [0.29, 0.717) is 5.82 Å². The summed E-state index contributed by atoms with van der Waals surface area (Å²) in [6.45, 7) is 1.47. The Labute approximate surface area is 143 Å². The Balaban J connectivity index is 2.25. The zero-order valence-electron chi connectivity index (χ0n) is 13.1. The van der Waals surface area contributed by atoms with Crippen molar-refractivity contribution in [3.8, 4) is 11.5 Å². The molecule has 2 amide bonds. The maximum absolute atomic E-state index is 12.3. The average molecular weight is 350 g/mol. The Morgan fingerprint density at radius 1 is 1.33 bits per heavy atom. The lowest BCUT2D eigenvalue weighted by Gasteiger charge is -2.13. The Hall–Kier alpha value is -2.80. The molecule has 1 heterocycles. The zero-order valence-corrected chi connectivity index (χ0v) is 13.9. The number of hydrogen-bond donors (Lipinski definition) is 2. The number of carbonyl (C=O) groups excluding carboxylic acids is 2. The maximum atomic E-state index is 12.3. The van der Waals surface area contributed by atoms with Gasteiger partial charge in [-0.2, -0.15) is 0 Å². The SMILES string of the molecule is COc1cc(C(=O)Nc2cccc(C)n2)cc(Cl)c1OCC(N)=O. The lowest BCUT2D eigenvalue weighted by atomic mass is 10.2. The second-order valence-corrected chi connectivity index (χ2v) is 5.27. The number of rotatable bonds is 6. The highest BCUT2D eigenvalue weighted by atomic mass is 35.5. The van der Waals surface area contributed by atoms with Gasteiger partial charge >= 0.3 is 0 Å². The van der Waals surface area contributed by atoms with E-state index < -0.39 is 11.8 Å². The predicted molar refractivity (Wildman–Crippen MR) is 89.6 cm³/mol. The van der Waals surface area contributed by atoms with E-state index in [1.54, 1.807) is 12.1 Å². The molecule has 8 heteroatoms. The molecule has 126 valence electrons. The first-order valence-electron chi connectivity index (χ1n) is 6.94. The Kier molecular flexibility index (Phi) is 5.59. The Morgan fingerprint density at radius 2 is 2.08 bits per heavy atom. The quantitative estimate of drug-likeness (QED) is 0.831. The number of aromatic nitrogens is 1. The molecule has 0 spiro atoms. The summed E-state index contributed by atoms with van der Waals surface area (Å²) in [4.78, 5) is 27.4. The molecule has 0 saturated carbocycles. The van der Waals surface area contributed by atoms with E-state index in [1.165, 1.54) is 19.2 Å². The minimum atomic E-state index is -0.652. The van der Waals surface area contributed by atoms with Crippen LogP contribution in [0.15, 0.2) is 30.3 Å². The van der Waals surface area contributed by atoms with Crippen molar-refractivity contribution < 1.29 is 19.1 Å². The van der Waals surface area contributed by atoms with Crippen molar-refractivity contribution in [1.82, 2.24) is 4.98 Å². The summed E-state index contributed by atoms with van der Waals surface area (Å²) in [5, 5.41) is 2.79. The van der Waals surface area contributed by atoms with Crippen molar-refractivity contribution in [2.24, 2.45) is 5.73 Å². The van der Waals surface area contributed by atoms with Gasteiger partial charge in [0, 0.05) is 11.3 Å². The van der Waals surface area contributed by atoms with Gasteiger partial charge in [0.15, 0.2) is 18.1 Å². The minimum absolute atomic E-state index is 0.123. The first-order valence-corrected chi connectivity index (χ1v) is 7.32. The third kappa shape index (κ3) is 4.36. The predicted octanol–water partition coefficient (Wildman–Crippen LogP) is 2.17. The van der Waals surface area contributed by atoms with Gasteiger partial charge in [-0.25, -0.2) is 4.98 Å². The number of aryl methyl sites for hydroxylation is 1. The highest BCUT2D eigenvalue weighted by Crippen LogP contribution is 2.36. The fourth-order valence-electron chi connectivity index (χ4n) is 1.94. The van der Waals surface area contributed by atoms with Crippen molar-refractivity contribution in [3.05, 3.63) is 46.6 Å². The third-order valence-electron chi connectivity index (χ3n) is 2.98. The van der Waals surface area contributed by atoms with Gasteiger partial charge in [0.2, 0.25) is 0 Å². The van der Waals surface area contributed by atoms with E-state index in [4.69, 9.17) is 26.8 Å². The second kappa shape index (κ2) is 7.65. The molecule has 0 unspecified atom stereocenters. The molecule has 0 aliphatic rings. The number of halogens is 1. The number of nitrogens with zero attached hydrogens (tertiary/aromatic N) is 1. The van der Waals surface area contributed by atoms with E-state index >= 15 is 0 Å². The van der Waals surface area contributed by atoms with Crippen LogP contribution in [0.2, 0.25) is 5.02 Å². The summed E-state index contributed by atoms with van der Waals surface area (Å²) >= 11 is 6.12. The molecular formula is C16H16ClN3O4. The number of anilines is 1. The molecule has 7 nitrogen and oxygen atoms in total. The monoisotopic (exact) mass is 349 g/mol. The number of benzene rings is 1. The van der Waals surface area contributed by atoms with Crippen LogP contribution in [0.3, 0.4) is 0 Å². The fourth-order valence-corrected chi connectivity index (χ4v) is 2.20. The summed E-state index contributed by atoms with van der Waals surface area (Å²) in [7, 11) is 1.40. The van der Waals surface area contributed by atoms with Crippen LogP contribution in [0.5, 0.6) is 11.5 Å². The number of primary amides is 1. The highest BCUT2D eigenvalue weighted by Gasteiger charge is 2.17. The van der Waals surface area contributed by atoms with Gasteiger partial charge in [-0.3, -0.25) is 9.59 Å². The highest BCUT2D eigenvalue weighted by molar-refractivity contribution is 6.32. The Bertz CT molecular complexity index is 780. The van der Waals surface area contributed by atoms with Crippen LogP contribution in [-0.4, -0.2) is 30.5 Å². The number of carbonyl (C=O) groups is 2. The number of methoxy groups -OCH3 is 1. The standard InChI is InChI=1S/C16H16ClN3O4/c1-9-4-3-5-14(19-9)20-16(22)10-6-11(17)15(12(7-10)23-2)24-8-13(18)21/h3-7H,8H2,1-2H3,(H2,18,21)(H,19,20,22). The number of ether oxygens (including phenoxy) is 2. The molecule has 24 heavy (non-hydrogen) atoms. The summed E-state index contributed by atoms with van der Waals surface area (Å²) in [5.74, 6) is -0.284. The van der Waals surface area contributed by atoms with E-state index in [1.807, 2.05) is 13.0 Å². The number of pyridine rings is 1. The normalized spacial score (nSPS) is 10.1. The molecule has 3 N–H and O–H groups in total. The molecule has 1 aromatic heterocycles. The van der Waals surface area contributed by atoms with Gasteiger partial charge in [0.05, 0.1) is 12.1 Å². The van der Waals surface area contributed by atoms with Crippen molar-refractivity contribution in [3.63, 3.8) is 0 Å². The van der Waals surface area contributed by atoms with Gasteiger partial charge in [0.1, 0.15) is 5.82 Å². The molecule has 2 aromatic rings. The van der Waals surface area contributed by atoms with E-state index in [0.717, 1.165) is 5.69 Å². The molecule has 0 saturated heterocycles. The topological polar surface area (TPSA) is 104 Å². The van der Waals surface area contributed by atoms with Crippen LogP contribution in [0, 0.1) is 6.92 Å². The molecule has 0 fully saturated rings. The van der Waals surface area contributed by atoms with E-state index in [-0.39, 0.29) is 28.7 Å². The number of hydrogen-bond acceptors (Lipinski definition) is 5. The third-order valence-corrected chi connectivity index (χ3v) is 3.26. The number of nitrogens with one attached hydrogen (secondary N) is 1.